The lowest BCUT2D eigenvalue weighted by Crippen LogP contribution is -2.35. The molecule has 7 heteroatoms. The molecule has 1 amide bonds. The van der Waals surface area contributed by atoms with Gasteiger partial charge in [0.15, 0.2) is 0 Å². The Morgan fingerprint density at radius 3 is 2.24 bits per heavy atom. The number of unbranched alkanes of at least 4 members (excludes halogenated alkanes) is 2. The minimum Gasteiger partial charge on any atom is -0.492 e. The van der Waals surface area contributed by atoms with E-state index >= 15 is 0 Å². The number of ether oxygens (including phenoxy) is 1. The van der Waals surface area contributed by atoms with E-state index in [9.17, 15) is 14.7 Å². The molecule has 3 aromatic rings. The van der Waals surface area contributed by atoms with Crippen LogP contribution in [0.2, 0.25) is 0 Å². The summed E-state index contributed by atoms with van der Waals surface area (Å²) in [7, 11) is 0. The van der Waals surface area contributed by atoms with Crippen LogP contribution in [-0.4, -0.2) is 46.6 Å². The third kappa shape index (κ3) is 9.49. The maximum Gasteiger partial charge on any atom is 0.306 e. The molecule has 204 valence electrons. The van der Waals surface area contributed by atoms with Gasteiger partial charge in [0.1, 0.15) is 12.4 Å². The van der Waals surface area contributed by atoms with Crippen LogP contribution in [0.25, 0.3) is 11.3 Å². The van der Waals surface area contributed by atoms with Gasteiger partial charge in [-0.05, 0) is 61.2 Å². The Kier molecular flexibility index (Phi) is 13.4. The van der Waals surface area contributed by atoms with Crippen molar-refractivity contribution in [3.05, 3.63) is 84.1 Å². The zero-order chi connectivity index (χ0) is 26.5. The summed E-state index contributed by atoms with van der Waals surface area (Å²) in [6, 6.07) is 21.0. The van der Waals surface area contributed by atoms with Crippen LogP contribution in [0, 0.1) is 5.92 Å². The lowest BCUT2D eigenvalue weighted by molar-refractivity contribution is -0.142. The fraction of sp³-hybridized carbons (Fsp3) is 0.387. The van der Waals surface area contributed by atoms with Crippen molar-refractivity contribution < 1.29 is 19.4 Å². The van der Waals surface area contributed by atoms with Crippen molar-refractivity contribution in [2.75, 3.05) is 19.7 Å². The fourth-order valence-corrected chi connectivity index (χ4v) is 4.21. The van der Waals surface area contributed by atoms with E-state index in [0.717, 1.165) is 42.5 Å². The van der Waals surface area contributed by atoms with E-state index in [0.29, 0.717) is 43.9 Å². The van der Waals surface area contributed by atoms with E-state index in [-0.39, 0.29) is 24.2 Å². The molecule has 0 bridgehead atoms. The second-order valence-electron chi connectivity index (χ2n) is 9.31. The van der Waals surface area contributed by atoms with E-state index in [1.807, 2.05) is 71.6 Å². The standard InChI is InChI=1S/C31H38N2O4.ClH/c1-3-5-9-27(31(35)36)23-24-11-17-28(18-12-24)37-22-21-33(20-6-4-2)30(34)26-15-13-25(14-16-26)29-10-7-8-19-32-29;/h7-8,10-19,27H,3-6,9,20-23H2,1-2H3,(H,35,36);1H. The molecular formula is C31H39ClN2O4. The molecule has 0 spiro atoms. The number of halogens is 1. The molecule has 1 aromatic heterocycles. The number of carboxylic acid groups (broad SMARTS) is 1. The number of aliphatic carboxylic acids is 1. The molecule has 1 N–H and O–H groups in total. The van der Waals surface area contributed by atoms with Gasteiger partial charge in [-0.25, -0.2) is 0 Å². The largest absolute Gasteiger partial charge is 0.492 e. The maximum atomic E-state index is 13.2. The smallest absolute Gasteiger partial charge is 0.306 e. The molecule has 0 saturated heterocycles. The van der Waals surface area contributed by atoms with Crippen LogP contribution < -0.4 is 4.74 Å². The van der Waals surface area contributed by atoms with Crippen LogP contribution in [0.15, 0.2) is 72.9 Å². The zero-order valence-corrected chi connectivity index (χ0v) is 23.2. The van der Waals surface area contributed by atoms with Crippen molar-refractivity contribution in [2.24, 2.45) is 5.92 Å². The lowest BCUT2D eigenvalue weighted by atomic mass is 9.94. The van der Waals surface area contributed by atoms with Gasteiger partial charge in [-0.15, -0.1) is 12.4 Å². The van der Waals surface area contributed by atoms with Crippen LogP contribution in [0.3, 0.4) is 0 Å². The van der Waals surface area contributed by atoms with Crippen molar-refractivity contribution >= 4 is 24.3 Å². The predicted molar refractivity (Wildman–Crippen MR) is 154 cm³/mol. The Morgan fingerprint density at radius 2 is 1.63 bits per heavy atom. The summed E-state index contributed by atoms with van der Waals surface area (Å²) in [6.45, 7) is 5.73. The van der Waals surface area contributed by atoms with Crippen molar-refractivity contribution in [1.29, 1.82) is 0 Å². The number of carbonyl (C=O) groups excluding carboxylic acids is 1. The van der Waals surface area contributed by atoms with Gasteiger partial charge >= 0.3 is 5.97 Å². The number of pyridine rings is 1. The number of benzene rings is 2. The number of nitrogens with zero attached hydrogens (tertiary/aromatic N) is 2. The van der Waals surface area contributed by atoms with Crippen LogP contribution in [0.1, 0.15) is 61.9 Å². The minimum absolute atomic E-state index is 0. The van der Waals surface area contributed by atoms with Crippen molar-refractivity contribution in [2.45, 2.75) is 52.4 Å². The Labute approximate surface area is 232 Å². The van der Waals surface area contributed by atoms with Crippen LogP contribution in [0.5, 0.6) is 5.75 Å². The Bertz CT molecular complexity index is 1100. The van der Waals surface area contributed by atoms with Gasteiger partial charge in [-0.2, -0.15) is 0 Å². The average molecular weight is 539 g/mol. The SMILES string of the molecule is CCCCC(Cc1ccc(OCCN(CCCC)C(=O)c2ccc(-c3ccccn3)cc2)cc1)C(=O)O.Cl. The first-order valence-corrected chi connectivity index (χ1v) is 13.3. The Morgan fingerprint density at radius 1 is 0.921 bits per heavy atom. The third-order valence-corrected chi connectivity index (χ3v) is 6.45. The van der Waals surface area contributed by atoms with Gasteiger partial charge in [-0.1, -0.05) is 63.4 Å². The highest BCUT2D eigenvalue weighted by molar-refractivity contribution is 5.94. The van der Waals surface area contributed by atoms with Crippen LogP contribution in [0.4, 0.5) is 0 Å². The van der Waals surface area contributed by atoms with E-state index in [4.69, 9.17) is 4.74 Å². The van der Waals surface area contributed by atoms with Crippen LogP contribution in [-0.2, 0) is 11.2 Å². The van der Waals surface area contributed by atoms with Gasteiger partial charge < -0.3 is 14.7 Å². The molecule has 6 nitrogen and oxygen atoms in total. The Hall–Kier alpha value is -3.38. The van der Waals surface area contributed by atoms with Gasteiger partial charge in [-0.3, -0.25) is 14.6 Å². The number of rotatable bonds is 15. The molecule has 0 aliphatic rings. The molecule has 2 aromatic carbocycles. The summed E-state index contributed by atoms with van der Waals surface area (Å²) in [4.78, 5) is 31.0. The third-order valence-electron chi connectivity index (χ3n) is 6.45. The number of amides is 1. The summed E-state index contributed by atoms with van der Waals surface area (Å²) < 4.78 is 5.93. The molecule has 0 fully saturated rings. The monoisotopic (exact) mass is 538 g/mol. The minimum atomic E-state index is -0.739. The molecule has 1 unspecified atom stereocenters. The molecule has 0 radical (unpaired) electrons. The van der Waals surface area contributed by atoms with Crippen molar-refractivity contribution in [3.63, 3.8) is 0 Å². The van der Waals surface area contributed by atoms with E-state index < -0.39 is 5.97 Å². The second kappa shape index (κ2) is 16.5. The molecule has 0 aliphatic heterocycles. The van der Waals surface area contributed by atoms with Crippen molar-refractivity contribution in [3.8, 4) is 17.0 Å². The highest BCUT2D eigenvalue weighted by Gasteiger charge is 2.18. The van der Waals surface area contributed by atoms with E-state index in [1.54, 1.807) is 6.20 Å². The van der Waals surface area contributed by atoms with Gasteiger partial charge in [0.25, 0.3) is 5.91 Å². The quantitative estimate of drug-likeness (QED) is 0.227. The van der Waals surface area contributed by atoms with Gasteiger partial charge in [0.2, 0.25) is 0 Å². The second-order valence-corrected chi connectivity index (χ2v) is 9.31. The van der Waals surface area contributed by atoms with Gasteiger partial charge in [0.05, 0.1) is 18.2 Å². The summed E-state index contributed by atoms with van der Waals surface area (Å²) in [6.07, 6.45) is 6.81. The summed E-state index contributed by atoms with van der Waals surface area (Å²) >= 11 is 0. The summed E-state index contributed by atoms with van der Waals surface area (Å²) in [5, 5.41) is 9.48. The Balaban J connectivity index is 0.00000507. The first-order chi connectivity index (χ1) is 18.0. The maximum absolute atomic E-state index is 13.2. The molecule has 1 heterocycles. The number of carboxylic acids is 1. The topological polar surface area (TPSA) is 79.7 Å². The number of aromatic nitrogens is 1. The molecule has 1 atom stereocenters. The normalized spacial score (nSPS) is 11.3. The summed E-state index contributed by atoms with van der Waals surface area (Å²) in [5.41, 5.74) is 3.49. The molecule has 0 aliphatic carbocycles. The van der Waals surface area contributed by atoms with E-state index in [1.165, 1.54) is 0 Å². The zero-order valence-electron chi connectivity index (χ0n) is 22.3. The summed E-state index contributed by atoms with van der Waals surface area (Å²) in [5.74, 6) is -0.390. The number of hydrogen-bond donors (Lipinski definition) is 1. The first kappa shape index (κ1) is 30.8. The highest BCUT2D eigenvalue weighted by Crippen LogP contribution is 2.20. The molecular weight excluding hydrogens is 500 g/mol. The lowest BCUT2D eigenvalue weighted by Gasteiger charge is -2.23. The molecule has 38 heavy (non-hydrogen) atoms. The predicted octanol–water partition coefficient (Wildman–Crippen LogP) is 6.93. The van der Waals surface area contributed by atoms with E-state index in [2.05, 4.69) is 18.8 Å². The van der Waals surface area contributed by atoms with Crippen LogP contribution >= 0.6 is 12.4 Å². The fourth-order valence-electron chi connectivity index (χ4n) is 4.21. The molecule has 3 rings (SSSR count). The highest BCUT2D eigenvalue weighted by atomic mass is 35.5. The average Bonchev–Trinajstić information content (AvgIpc) is 2.93. The van der Waals surface area contributed by atoms with Gasteiger partial charge in [0, 0.05) is 23.9 Å². The van der Waals surface area contributed by atoms with Crippen molar-refractivity contribution in [1.82, 2.24) is 9.88 Å². The molecule has 0 saturated carbocycles. The first-order valence-electron chi connectivity index (χ1n) is 13.3. The number of hydrogen-bond acceptors (Lipinski definition) is 4. The number of carbonyl (C=O) groups is 2.